The largest absolute Gasteiger partial charge is 0.375 e. The van der Waals surface area contributed by atoms with Crippen molar-refractivity contribution in [3.8, 4) is 0 Å². The average Bonchev–Trinajstić information content (AvgIpc) is 2.61. The van der Waals surface area contributed by atoms with E-state index in [2.05, 4.69) is 10.4 Å². The number of alkyl halides is 2. The van der Waals surface area contributed by atoms with Crippen molar-refractivity contribution >= 4 is 0 Å². The van der Waals surface area contributed by atoms with Gasteiger partial charge >= 0.3 is 0 Å². The molecule has 0 spiro atoms. The SMILES string of the molecule is CNC(CCOCC(F)F)Cc1cc(C)nn1C. The first kappa shape index (κ1) is 15.0. The molecule has 104 valence electrons. The Balaban J connectivity index is 2.35. The summed E-state index contributed by atoms with van der Waals surface area (Å²) in [5, 5.41) is 7.44. The minimum atomic E-state index is -2.39. The fraction of sp³-hybridized carbons (Fsp3) is 0.750. The van der Waals surface area contributed by atoms with Gasteiger partial charge in [0.05, 0.1) is 5.69 Å². The fourth-order valence-corrected chi connectivity index (χ4v) is 1.85. The van der Waals surface area contributed by atoms with Crippen molar-refractivity contribution in [3.05, 3.63) is 17.5 Å². The summed E-state index contributed by atoms with van der Waals surface area (Å²) in [7, 11) is 3.77. The summed E-state index contributed by atoms with van der Waals surface area (Å²) >= 11 is 0. The Morgan fingerprint density at radius 3 is 2.72 bits per heavy atom. The van der Waals surface area contributed by atoms with Gasteiger partial charge < -0.3 is 10.1 Å². The number of nitrogens with zero attached hydrogens (tertiary/aromatic N) is 2. The van der Waals surface area contributed by atoms with Crippen LogP contribution >= 0.6 is 0 Å². The maximum atomic E-state index is 11.9. The number of hydrogen-bond donors (Lipinski definition) is 1. The van der Waals surface area contributed by atoms with Gasteiger partial charge in [0.1, 0.15) is 6.61 Å². The molecule has 1 unspecified atom stereocenters. The summed E-state index contributed by atoms with van der Waals surface area (Å²) in [5.74, 6) is 0. The van der Waals surface area contributed by atoms with Crippen molar-refractivity contribution in [1.29, 1.82) is 0 Å². The smallest absolute Gasteiger partial charge is 0.261 e. The van der Waals surface area contributed by atoms with Gasteiger partial charge in [0.25, 0.3) is 6.43 Å². The molecule has 1 heterocycles. The van der Waals surface area contributed by atoms with Crippen LogP contribution in [0, 0.1) is 6.92 Å². The van der Waals surface area contributed by atoms with Gasteiger partial charge in [-0.15, -0.1) is 0 Å². The van der Waals surface area contributed by atoms with Crippen LogP contribution in [0.2, 0.25) is 0 Å². The maximum absolute atomic E-state index is 11.9. The van der Waals surface area contributed by atoms with Gasteiger partial charge in [0, 0.05) is 31.8 Å². The van der Waals surface area contributed by atoms with Crippen LogP contribution in [-0.2, 0) is 18.2 Å². The summed E-state index contributed by atoms with van der Waals surface area (Å²) in [6, 6.07) is 2.24. The molecule has 1 aromatic heterocycles. The summed E-state index contributed by atoms with van der Waals surface area (Å²) in [6.07, 6.45) is -0.878. The molecule has 0 amide bonds. The van der Waals surface area contributed by atoms with Crippen LogP contribution in [0.1, 0.15) is 17.8 Å². The van der Waals surface area contributed by atoms with Gasteiger partial charge in [-0.05, 0) is 26.5 Å². The Morgan fingerprint density at radius 1 is 1.50 bits per heavy atom. The van der Waals surface area contributed by atoms with E-state index in [-0.39, 0.29) is 6.04 Å². The molecule has 0 aliphatic rings. The quantitative estimate of drug-likeness (QED) is 0.721. The summed E-state index contributed by atoms with van der Waals surface area (Å²) in [4.78, 5) is 0. The number of rotatable bonds is 8. The fourth-order valence-electron chi connectivity index (χ4n) is 1.85. The molecule has 0 aromatic carbocycles. The van der Waals surface area contributed by atoms with E-state index in [9.17, 15) is 8.78 Å². The second-order valence-electron chi connectivity index (χ2n) is 4.35. The van der Waals surface area contributed by atoms with E-state index in [1.165, 1.54) is 0 Å². The molecule has 1 rings (SSSR count). The first-order valence-electron chi connectivity index (χ1n) is 6.05. The van der Waals surface area contributed by atoms with E-state index in [4.69, 9.17) is 4.74 Å². The van der Waals surface area contributed by atoms with Crippen LogP contribution in [0.15, 0.2) is 6.07 Å². The predicted octanol–water partition coefficient (Wildman–Crippen LogP) is 1.53. The third-order valence-electron chi connectivity index (χ3n) is 2.82. The van der Waals surface area contributed by atoms with Gasteiger partial charge in [0.15, 0.2) is 0 Å². The minimum Gasteiger partial charge on any atom is -0.375 e. The van der Waals surface area contributed by atoms with Gasteiger partial charge in [-0.1, -0.05) is 0 Å². The minimum absolute atomic E-state index is 0.206. The number of hydrogen-bond acceptors (Lipinski definition) is 3. The maximum Gasteiger partial charge on any atom is 0.261 e. The van der Waals surface area contributed by atoms with Crippen LogP contribution in [0.4, 0.5) is 8.78 Å². The normalized spacial score (nSPS) is 13.2. The monoisotopic (exact) mass is 261 g/mol. The molecule has 0 radical (unpaired) electrons. The highest BCUT2D eigenvalue weighted by atomic mass is 19.3. The zero-order valence-electron chi connectivity index (χ0n) is 11.1. The Kier molecular flexibility index (Phi) is 6.21. The van der Waals surface area contributed by atoms with Crippen LogP contribution in [0.3, 0.4) is 0 Å². The lowest BCUT2D eigenvalue weighted by atomic mass is 10.1. The second-order valence-corrected chi connectivity index (χ2v) is 4.35. The Labute approximate surface area is 106 Å². The van der Waals surface area contributed by atoms with Crippen LogP contribution in [-0.4, -0.2) is 42.5 Å². The van der Waals surface area contributed by atoms with Gasteiger partial charge in [-0.2, -0.15) is 5.10 Å². The lowest BCUT2D eigenvalue weighted by Gasteiger charge is -2.16. The van der Waals surface area contributed by atoms with Crippen molar-refractivity contribution in [2.75, 3.05) is 20.3 Å². The van der Waals surface area contributed by atoms with Crippen molar-refractivity contribution < 1.29 is 13.5 Å². The topological polar surface area (TPSA) is 39.1 Å². The highest BCUT2D eigenvalue weighted by molar-refractivity contribution is 5.09. The average molecular weight is 261 g/mol. The number of ether oxygens (including phenoxy) is 1. The summed E-state index contributed by atoms with van der Waals surface area (Å²) in [6.45, 7) is 1.80. The molecule has 0 fully saturated rings. The molecular formula is C12H21F2N3O. The molecule has 1 aromatic rings. The third-order valence-corrected chi connectivity index (χ3v) is 2.82. The summed E-state index contributed by atoms with van der Waals surface area (Å²) in [5.41, 5.74) is 2.11. The molecule has 6 heteroatoms. The van der Waals surface area contributed by atoms with E-state index in [0.29, 0.717) is 13.0 Å². The molecule has 4 nitrogen and oxygen atoms in total. The number of likely N-dealkylation sites (N-methyl/N-ethyl adjacent to an activating group) is 1. The first-order chi connectivity index (χ1) is 8.52. The second kappa shape index (κ2) is 7.43. The van der Waals surface area contributed by atoms with Gasteiger partial charge in [-0.3, -0.25) is 4.68 Å². The Morgan fingerprint density at radius 2 is 2.22 bits per heavy atom. The Hall–Kier alpha value is -1.01. The lowest BCUT2D eigenvalue weighted by Crippen LogP contribution is -2.30. The molecule has 0 saturated heterocycles. The van der Waals surface area contributed by atoms with E-state index in [1.807, 2.05) is 31.8 Å². The number of aryl methyl sites for hydroxylation is 2. The molecule has 0 bridgehead atoms. The molecule has 1 atom stereocenters. The third kappa shape index (κ3) is 5.10. The van der Waals surface area contributed by atoms with Crippen LogP contribution < -0.4 is 5.32 Å². The van der Waals surface area contributed by atoms with Crippen molar-refractivity contribution in [1.82, 2.24) is 15.1 Å². The van der Waals surface area contributed by atoms with Gasteiger partial charge in [0.2, 0.25) is 0 Å². The van der Waals surface area contributed by atoms with Crippen LogP contribution in [0.5, 0.6) is 0 Å². The van der Waals surface area contributed by atoms with Crippen molar-refractivity contribution in [2.45, 2.75) is 32.2 Å². The number of aromatic nitrogens is 2. The Bertz CT molecular complexity index is 355. The zero-order chi connectivity index (χ0) is 13.5. The first-order valence-corrected chi connectivity index (χ1v) is 6.05. The van der Waals surface area contributed by atoms with Crippen molar-refractivity contribution in [2.24, 2.45) is 7.05 Å². The van der Waals surface area contributed by atoms with E-state index < -0.39 is 13.0 Å². The molecular weight excluding hydrogens is 240 g/mol. The lowest BCUT2D eigenvalue weighted by molar-refractivity contribution is 0.0145. The van der Waals surface area contributed by atoms with Gasteiger partial charge in [-0.25, -0.2) is 8.78 Å². The van der Waals surface area contributed by atoms with E-state index >= 15 is 0 Å². The molecule has 1 N–H and O–H groups in total. The number of nitrogens with one attached hydrogen (secondary N) is 1. The van der Waals surface area contributed by atoms with E-state index in [1.54, 1.807) is 0 Å². The van der Waals surface area contributed by atoms with E-state index in [0.717, 1.165) is 17.8 Å². The predicted molar refractivity (Wildman–Crippen MR) is 65.9 cm³/mol. The molecule has 18 heavy (non-hydrogen) atoms. The standard InChI is InChI=1S/C12H21F2N3O/c1-9-6-11(17(3)16-9)7-10(15-2)4-5-18-8-12(13)14/h6,10,12,15H,4-5,7-8H2,1-3H3. The zero-order valence-corrected chi connectivity index (χ0v) is 11.1. The highest BCUT2D eigenvalue weighted by Gasteiger charge is 2.11. The number of halogens is 2. The molecule has 0 aliphatic heterocycles. The van der Waals surface area contributed by atoms with Crippen LogP contribution in [0.25, 0.3) is 0 Å². The summed E-state index contributed by atoms with van der Waals surface area (Å²) < 4.78 is 30.5. The molecule has 0 aliphatic carbocycles. The highest BCUT2D eigenvalue weighted by Crippen LogP contribution is 2.07. The molecule has 0 saturated carbocycles. The van der Waals surface area contributed by atoms with Crippen molar-refractivity contribution in [3.63, 3.8) is 0 Å².